The number of hydrogen-bond donors (Lipinski definition) is 1. The molecule has 1 aliphatic heterocycles. The number of nitrogens with one attached hydrogen (secondary N) is 1. The summed E-state index contributed by atoms with van der Waals surface area (Å²) in [5, 5.41) is 2.60. The van der Waals surface area contributed by atoms with E-state index in [1.54, 1.807) is 13.2 Å². The van der Waals surface area contributed by atoms with Gasteiger partial charge in [-0.15, -0.1) is 0 Å². The van der Waals surface area contributed by atoms with E-state index >= 15 is 0 Å². The number of methoxy groups -OCH3 is 1. The van der Waals surface area contributed by atoms with Crippen LogP contribution in [0.5, 0.6) is 11.5 Å². The SMILES string of the molecule is COc1cc(/C=C2\SC(=S)NC2=O)cc(I)c1OC(C)C. The number of thioether (sulfide) groups is 1. The Bertz CT molecular complexity index is 629. The Labute approximate surface area is 146 Å². The van der Waals surface area contributed by atoms with Crippen molar-refractivity contribution in [2.75, 3.05) is 7.11 Å². The summed E-state index contributed by atoms with van der Waals surface area (Å²) < 4.78 is 12.6. The van der Waals surface area contributed by atoms with Gasteiger partial charge in [0.25, 0.3) is 5.91 Å². The van der Waals surface area contributed by atoms with Gasteiger partial charge >= 0.3 is 0 Å². The fourth-order valence-electron chi connectivity index (χ4n) is 1.75. The van der Waals surface area contributed by atoms with E-state index < -0.39 is 0 Å². The van der Waals surface area contributed by atoms with E-state index in [0.717, 1.165) is 9.13 Å². The first kappa shape index (κ1) is 16.6. The predicted molar refractivity (Wildman–Crippen MR) is 97.8 cm³/mol. The Balaban J connectivity index is 2.38. The lowest BCUT2D eigenvalue weighted by atomic mass is 10.2. The smallest absolute Gasteiger partial charge is 0.263 e. The number of carbonyl (C=O) groups is 1. The van der Waals surface area contributed by atoms with Crippen molar-refractivity contribution in [3.8, 4) is 11.5 Å². The van der Waals surface area contributed by atoms with Crippen LogP contribution in [0.15, 0.2) is 17.0 Å². The second-order valence-corrected chi connectivity index (χ2v) is 7.43. The molecule has 0 bridgehead atoms. The number of amides is 1. The lowest BCUT2D eigenvalue weighted by Crippen LogP contribution is -2.17. The van der Waals surface area contributed by atoms with Crippen LogP contribution in [-0.2, 0) is 4.79 Å². The quantitative estimate of drug-likeness (QED) is 0.445. The minimum absolute atomic E-state index is 0.0603. The molecule has 0 aliphatic carbocycles. The fraction of sp³-hybridized carbons (Fsp3) is 0.286. The molecule has 0 radical (unpaired) electrons. The molecule has 0 unspecified atom stereocenters. The van der Waals surface area contributed by atoms with Gasteiger partial charge in [-0.05, 0) is 60.2 Å². The summed E-state index contributed by atoms with van der Waals surface area (Å²) in [4.78, 5) is 12.3. The fourth-order valence-corrected chi connectivity index (χ4v) is 3.54. The molecule has 1 aromatic rings. The Morgan fingerprint density at radius 1 is 1.43 bits per heavy atom. The van der Waals surface area contributed by atoms with Gasteiger partial charge in [0.2, 0.25) is 0 Å². The van der Waals surface area contributed by atoms with Gasteiger partial charge in [-0.2, -0.15) is 0 Å². The number of hydrogen-bond acceptors (Lipinski definition) is 5. The molecular weight excluding hydrogens is 421 g/mol. The van der Waals surface area contributed by atoms with Crippen LogP contribution in [0.3, 0.4) is 0 Å². The summed E-state index contributed by atoms with van der Waals surface area (Å²) >= 11 is 8.43. The van der Waals surface area contributed by atoms with E-state index in [1.165, 1.54) is 11.8 Å². The second kappa shape index (κ2) is 6.97. The van der Waals surface area contributed by atoms with Crippen LogP contribution in [-0.4, -0.2) is 23.4 Å². The van der Waals surface area contributed by atoms with Crippen molar-refractivity contribution in [1.29, 1.82) is 0 Å². The van der Waals surface area contributed by atoms with E-state index in [4.69, 9.17) is 21.7 Å². The molecule has 21 heavy (non-hydrogen) atoms. The first-order valence-electron chi connectivity index (χ1n) is 6.19. The van der Waals surface area contributed by atoms with Crippen LogP contribution in [0, 0.1) is 3.57 Å². The van der Waals surface area contributed by atoms with E-state index in [9.17, 15) is 4.79 Å². The van der Waals surface area contributed by atoms with Crippen molar-refractivity contribution < 1.29 is 14.3 Å². The van der Waals surface area contributed by atoms with Gasteiger partial charge in [-0.1, -0.05) is 24.0 Å². The van der Waals surface area contributed by atoms with E-state index in [2.05, 4.69) is 27.9 Å². The van der Waals surface area contributed by atoms with Crippen molar-refractivity contribution in [2.45, 2.75) is 20.0 Å². The van der Waals surface area contributed by atoms with Crippen LogP contribution in [0.2, 0.25) is 0 Å². The van der Waals surface area contributed by atoms with Gasteiger partial charge in [0, 0.05) is 0 Å². The first-order chi connectivity index (χ1) is 9.90. The molecule has 1 aliphatic rings. The molecule has 4 nitrogen and oxygen atoms in total. The zero-order chi connectivity index (χ0) is 15.6. The van der Waals surface area contributed by atoms with Crippen molar-refractivity contribution in [3.63, 3.8) is 0 Å². The van der Waals surface area contributed by atoms with Gasteiger partial charge in [-0.25, -0.2) is 0 Å². The molecule has 0 saturated carbocycles. The zero-order valence-electron chi connectivity index (χ0n) is 11.7. The van der Waals surface area contributed by atoms with Crippen LogP contribution >= 0.6 is 46.6 Å². The average molecular weight is 435 g/mol. The first-order valence-corrected chi connectivity index (χ1v) is 8.50. The third-order valence-corrected chi connectivity index (χ3v) is 4.51. The standard InChI is InChI=1S/C14H14INO3S2/c1-7(2)19-12-9(15)4-8(5-10(12)18-3)6-11-13(17)16-14(20)21-11/h4-7H,1-3H3,(H,16,17,20)/b11-6-. The van der Waals surface area contributed by atoms with Crippen LogP contribution in [0.25, 0.3) is 6.08 Å². The molecule has 1 aromatic carbocycles. The third kappa shape index (κ3) is 4.10. The van der Waals surface area contributed by atoms with Gasteiger partial charge in [0.15, 0.2) is 11.5 Å². The van der Waals surface area contributed by atoms with E-state index in [1.807, 2.05) is 26.0 Å². The third-order valence-electron chi connectivity index (χ3n) is 2.55. The minimum atomic E-state index is -0.165. The van der Waals surface area contributed by atoms with Crippen LogP contribution in [0.1, 0.15) is 19.4 Å². The highest BCUT2D eigenvalue weighted by Crippen LogP contribution is 2.36. The van der Waals surface area contributed by atoms with Crippen molar-refractivity contribution in [3.05, 3.63) is 26.2 Å². The summed E-state index contributed by atoms with van der Waals surface area (Å²) in [5.41, 5.74) is 0.870. The van der Waals surface area contributed by atoms with Crippen LogP contribution in [0.4, 0.5) is 0 Å². The van der Waals surface area contributed by atoms with Crippen molar-refractivity contribution in [1.82, 2.24) is 5.32 Å². The number of benzene rings is 1. The monoisotopic (exact) mass is 435 g/mol. The number of rotatable bonds is 4. The van der Waals surface area contributed by atoms with Crippen LogP contribution < -0.4 is 14.8 Å². The minimum Gasteiger partial charge on any atom is -0.493 e. The Hall–Kier alpha value is -0.800. The van der Waals surface area contributed by atoms with Gasteiger partial charge < -0.3 is 14.8 Å². The van der Waals surface area contributed by atoms with E-state index in [-0.39, 0.29) is 12.0 Å². The molecule has 1 fully saturated rings. The number of halogens is 1. The molecule has 1 amide bonds. The largest absolute Gasteiger partial charge is 0.493 e. The summed E-state index contributed by atoms with van der Waals surface area (Å²) in [5.74, 6) is 1.20. The molecule has 1 heterocycles. The molecule has 1 N–H and O–H groups in total. The molecule has 112 valence electrons. The molecular formula is C14H14INO3S2. The summed E-state index contributed by atoms with van der Waals surface area (Å²) in [6.07, 6.45) is 1.86. The topological polar surface area (TPSA) is 47.6 Å². The molecule has 0 aromatic heterocycles. The Kier molecular flexibility index (Phi) is 5.50. The highest BCUT2D eigenvalue weighted by Gasteiger charge is 2.22. The second-order valence-electron chi connectivity index (χ2n) is 4.55. The van der Waals surface area contributed by atoms with Crippen molar-refractivity contribution in [2.24, 2.45) is 0 Å². The molecule has 1 saturated heterocycles. The number of ether oxygens (including phenoxy) is 2. The number of carbonyl (C=O) groups excluding carboxylic acids is 1. The number of thiocarbonyl (C=S) groups is 1. The van der Waals surface area contributed by atoms with Gasteiger partial charge in [0.1, 0.15) is 4.32 Å². The van der Waals surface area contributed by atoms with Crippen molar-refractivity contribution >= 4 is 62.9 Å². The Morgan fingerprint density at radius 2 is 2.14 bits per heavy atom. The highest BCUT2D eigenvalue weighted by molar-refractivity contribution is 14.1. The summed E-state index contributed by atoms with van der Waals surface area (Å²) in [6, 6.07) is 3.80. The molecule has 2 rings (SSSR count). The van der Waals surface area contributed by atoms with Gasteiger partial charge in [-0.3, -0.25) is 4.79 Å². The molecule has 0 atom stereocenters. The van der Waals surface area contributed by atoms with E-state index in [0.29, 0.717) is 20.7 Å². The normalized spacial score (nSPS) is 16.5. The maximum absolute atomic E-state index is 11.7. The molecule has 7 heteroatoms. The predicted octanol–water partition coefficient (Wildman–Crippen LogP) is 3.58. The summed E-state index contributed by atoms with van der Waals surface area (Å²) in [7, 11) is 1.60. The maximum atomic E-state index is 11.7. The van der Waals surface area contributed by atoms with Gasteiger partial charge in [0.05, 0.1) is 21.7 Å². The maximum Gasteiger partial charge on any atom is 0.263 e. The Morgan fingerprint density at radius 3 is 2.67 bits per heavy atom. The zero-order valence-corrected chi connectivity index (χ0v) is 15.5. The lowest BCUT2D eigenvalue weighted by Gasteiger charge is -2.16. The highest BCUT2D eigenvalue weighted by atomic mass is 127. The average Bonchev–Trinajstić information content (AvgIpc) is 2.70. The molecule has 0 spiro atoms. The summed E-state index contributed by atoms with van der Waals surface area (Å²) in [6.45, 7) is 3.93. The lowest BCUT2D eigenvalue weighted by molar-refractivity contribution is -0.115.